The highest BCUT2D eigenvalue weighted by molar-refractivity contribution is 7.14. The van der Waals surface area contributed by atoms with E-state index in [0.29, 0.717) is 16.4 Å². The van der Waals surface area contributed by atoms with E-state index in [-0.39, 0.29) is 12.5 Å². The van der Waals surface area contributed by atoms with Gasteiger partial charge in [-0.15, -0.1) is 11.3 Å². The van der Waals surface area contributed by atoms with Crippen molar-refractivity contribution >= 4 is 23.2 Å². The standard InChI is InChI=1S/C17H18N2O4S/c1-22-12-6-2-3-7-13(12)23-10-16(20)18-19-17(21)15-9-11-5-4-8-14(11)24-15/h2-3,6-7,9H,4-5,8,10H2,1H3,(H,18,20)(H,19,21). The van der Waals surface area contributed by atoms with Crippen LogP contribution in [0.15, 0.2) is 30.3 Å². The van der Waals surface area contributed by atoms with Crippen LogP contribution in [-0.4, -0.2) is 25.5 Å². The molecule has 7 heteroatoms. The molecule has 0 saturated carbocycles. The van der Waals surface area contributed by atoms with Crippen LogP contribution in [0.2, 0.25) is 0 Å². The van der Waals surface area contributed by atoms with Gasteiger partial charge in [-0.25, -0.2) is 0 Å². The van der Waals surface area contributed by atoms with Crippen molar-refractivity contribution in [1.82, 2.24) is 10.9 Å². The number of carbonyl (C=O) groups excluding carboxylic acids is 2. The highest BCUT2D eigenvalue weighted by atomic mass is 32.1. The van der Waals surface area contributed by atoms with Gasteiger partial charge in [-0.2, -0.15) is 0 Å². The third-order valence-corrected chi connectivity index (χ3v) is 4.95. The zero-order valence-electron chi connectivity index (χ0n) is 13.3. The molecule has 0 saturated heterocycles. The lowest BCUT2D eigenvalue weighted by Crippen LogP contribution is -2.43. The Hall–Kier alpha value is -2.54. The van der Waals surface area contributed by atoms with Crippen LogP contribution in [0.4, 0.5) is 0 Å². The lowest BCUT2D eigenvalue weighted by molar-refractivity contribution is -0.123. The predicted molar refractivity (Wildman–Crippen MR) is 90.4 cm³/mol. The van der Waals surface area contributed by atoms with Gasteiger partial charge in [0.25, 0.3) is 11.8 Å². The molecule has 1 heterocycles. The van der Waals surface area contributed by atoms with E-state index in [1.165, 1.54) is 28.9 Å². The van der Waals surface area contributed by atoms with Crippen molar-refractivity contribution in [3.05, 3.63) is 45.6 Å². The summed E-state index contributed by atoms with van der Waals surface area (Å²) in [5, 5.41) is 0. The maximum absolute atomic E-state index is 12.1. The van der Waals surface area contributed by atoms with Gasteiger partial charge in [-0.3, -0.25) is 20.4 Å². The largest absolute Gasteiger partial charge is 0.493 e. The zero-order valence-corrected chi connectivity index (χ0v) is 14.1. The Kier molecular flexibility index (Phi) is 5.00. The van der Waals surface area contributed by atoms with Crippen molar-refractivity contribution in [2.45, 2.75) is 19.3 Å². The molecule has 2 N–H and O–H groups in total. The minimum absolute atomic E-state index is 0.221. The second kappa shape index (κ2) is 7.35. The molecule has 1 aliphatic rings. The number of rotatable bonds is 5. The lowest BCUT2D eigenvalue weighted by atomic mass is 10.2. The molecule has 126 valence electrons. The Morgan fingerprint density at radius 1 is 1.17 bits per heavy atom. The SMILES string of the molecule is COc1ccccc1OCC(=O)NNC(=O)c1cc2c(s1)CCC2. The van der Waals surface area contributed by atoms with E-state index in [1.807, 2.05) is 12.1 Å². The molecule has 0 atom stereocenters. The number of methoxy groups -OCH3 is 1. The highest BCUT2D eigenvalue weighted by Crippen LogP contribution is 2.30. The van der Waals surface area contributed by atoms with E-state index >= 15 is 0 Å². The second-order valence-electron chi connectivity index (χ2n) is 5.35. The molecule has 0 unspecified atom stereocenters. The third-order valence-electron chi connectivity index (χ3n) is 3.71. The fraction of sp³-hybridized carbons (Fsp3) is 0.294. The first-order chi connectivity index (χ1) is 11.7. The van der Waals surface area contributed by atoms with Crippen LogP contribution in [0.1, 0.15) is 26.5 Å². The predicted octanol–water partition coefficient (Wildman–Crippen LogP) is 2.09. The molecule has 3 rings (SSSR count). The molecule has 2 aromatic rings. The van der Waals surface area contributed by atoms with E-state index in [9.17, 15) is 9.59 Å². The topological polar surface area (TPSA) is 76.7 Å². The number of fused-ring (bicyclic) bond motifs is 1. The zero-order chi connectivity index (χ0) is 16.9. The second-order valence-corrected chi connectivity index (χ2v) is 6.49. The monoisotopic (exact) mass is 346 g/mol. The number of thiophene rings is 1. The van der Waals surface area contributed by atoms with E-state index in [2.05, 4.69) is 10.9 Å². The Bertz CT molecular complexity index is 735. The van der Waals surface area contributed by atoms with E-state index in [1.54, 1.807) is 18.2 Å². The van der Waals surface area contributed by atoms with E-state index in [4.69, 9.17) is 9.47 Å². The van der Waals surface area contributed by atoms with Crippen LogP contribution in [0.5, 0.6) is 11.5 Å². The van der Waals surface area contributed by atoms with Crippen LogP contribution < -0.4 is 20.3 Å². The molecule has 0 spiro atoms. The molecule has 2 amide bonds. The number of nitrogens with one attached hydrogen (secondary N) is 2. The molecule has 24 heavy (non-hydrogen) atoms. The van der Waals surface area contributed by atoms with Crippen molar-refractivity contribution in [2.24, 2.45) is 0 Å². The van der Waals surface area contributed by atoms with Crippen molar-refractivity contribution in [3.63, 3.8) is 0 Å². The first kappa shape index (κ1) is 16.3. The van der Waals surface area contributed by atoms with Crippen LogP contribution in [0, 0.1) is 0 Å². The average Bonchev–Trinajstić information content (AvgIpc) is 3.20. The summed E-state index contributed by atoms with van der Waals surface area (Å²) in [6, 6.07) is 8.95. The van der Waals surface area contributed by atoms with Gasteiger partial charge in [0.05, 0.1) is 12.0 Å². The third kappa shape index (κ3) is 3.68. The normalized spacial score (nSPS) is 12.4. The first-order valence-electron chi connectivity index (χ1n) is 7.64. The number of ether oxygens (including phenoxy) is 2. The number of para-hydroxylation sites is 2. The molecule has 1 aliphatic carbocycles. The quantitative estimate of drug-likeness (QED) is 0.813. The number of hydrazine groups is 1. The summed E-state index contributed by atoms with van der Waals surface area (Å²) in [4.78, 5) is 25.7. The van der Waals surface area contributed by atoms with Crippen LogP contribution in [-0.2, 0) is 17.6 Å². The number of aryl methyl sites for hydroxylation is 2. The molecule has 6 nitrogen and oxygen atoms in total. The summed E-state index contributed by atoms with van der Waals surface area (Å²) >= 11 is 1.49. The Balaban J connectivity index is 1.47. The molecule has 0 bridgehead atoms. The summed E-state index contributed by atoms with van der Waals surface area (Å²) in [6.45, 7) is -0.221. The molecule has 0 radical (unpaired) electrons. The average molecular weight is 346 g/mol. The Morgan fingerprint density at radius 3 is 2.71 bits per heavy atom. The van der Waals surface area contributed by atoms with Crippen molar-refractivity contribution < 1.29 is 19.1 Å². The minimum Gasteiger partial charge on any atom is -0.493 e. The molecule has 1 aromatic carbocycles. The van der Waals surface area contributed by atoms with Gasteiger partial charge >= 0.3 is 0 Å². The van der Waals surface area contributed by atoms with Crippen molar-refractivity contribution in [2.75, 3.05) is 13.7 Å². The summed E-state index contributed by atoms with van der Waals surface area (Å²) < 4.78 is 10.5. The fourth-order valence-corrected chi connectivity index (χ4v) is 3.70. The Morgan fingerprint density at radius 2 is 1.96 bits per heavy atom. The highest BCUT2D eigenvalue weighted by Gasteiger charge is 2.18. The van der Waals surface area contributed by atoms with Crippen molar-refractivity contribution in [1.29, 1.82) is 0 Å². The maximum atomic E-state index is 12.1. The Labute approximate surface area is 143 Å². The van der Waals surface area contributed by atoms with Crippen LogP contribution in [0.3, 0.4) is 0 Å². The van der Waals surface area contributed by atoms with Gasteiger partial charge in [0.1, 0.15) is 0 Å². The van der Waals surface area contributed by atoms with Gasteiger partial charge in [-0.1, -0.05) is 12.1 Å². The summed E-state index contributed by atoms with van der Waals surface area (Å²) in [5.41, 5.74) is 6.02. The lowest BCUT2D eigenvalue weighted by Gasteiger charge is -2.10. The number of amides is 2. The van der Waals surface area contributed by atoms with Gasteiger partial charge < -0.3 is 9.47 Å². The van der Waals surface area contributed by atoms with Gasteiger partial charge in [-0.05, 0) is 43.0 Å². The molecular formula is C17H18N2O4S. The van der Waals surface area contributed by atoms with Gasteiger partial charge in [0.15, 0.2) is 18.1 Å². The molecule has 1 aromatic heterocycles. The molecular weight excluding hydrogens is 328 g/mol. The van der Waals surface area contributed by atoms with E-state index in [0.717, 1.165) is 19.3 Å². The number of carbonyl (C=O) groups is 2. The summed E-state index contributed by atoms with van der Waals surface area (Å²) in [7, 11) is 1.53. The van der Waals surface area contributed by atoms with Gasteiger partial charge in [0, 0.05) is 4.88 Å². The number of benzene rings is 1. The maximum Gasteiger partial charge on any atom is 0.279 e. The van der Waals surface area contributed by atoms with E-state index < -0.39 is 5.91 Å². The number of hydrogen-bond acceptors (Lipinski definition) is 5. The number of hydrogen-bond donors (Lipinski definition) is 2. The smallest absolute Gasteiger partial charge is 0.279 e. The minimum atomic E-state index is -0.446. The van der Waals surface area contributed by atoms with Crippen LogP contribution >= 0.6 is 11.3 Å². The van der Waals surface area contributed by atoms with Gasteiger partial charge in [0.2, 0.25) is 0 Å². The first-order valence-corrected chi connectivity index (χ1v) is 8.45. The van der Waals surface area contributed by atoms with Crippen LogP contribution in [0.25, 0.3) is 0 Å². The molecule has 0 fully saturated rings. The summed E-state index contributed by atoms with van der Waals surface area (Å²) in [6.07, 6.45) is 3.21. The fourth-order valence-electron chi connectivity index (χ4n) is 2.55. The van der Waals surface area contributed by atoms with Crippen molar-refractivity contribution in [3.8, 4) is 11.5 Å². The molecule has 0 aliphatic heterocycles. The summed E-state index contributed by atoms with van der Waals surface area (Å²) in [5.74, 6) is 0.261.